The molecule has 0 aliphatic heterocycles. The third-order valence-electron chi connectivity index (χ3n) is 4.38. The van der Waals surface area contributed by atoms with Gasteiger partial charge in [-0.15, -0.1) is 0 Å². The summed E-state index contributed by atoms with van der Waals surface area (Å²) in [6, 6.07) is 9.50. The van der Waals surface area contributed by atoms with E-state index >= 15 is 0 Å². The number of hydrogen-bond acceptors (Lipinski definition) is 4. The SMILES string of the molecule is Cc1ccc(-c2cc(C(=O)N[C@H](Cn3ccnc3)C(C)(C)C)no2)cc1. The molecule has 0 spiro atoms. The van der Waals surface area contributed by atoms with Crippen LogP contribution in [0.15, 0.2) is 53.6 Å². The Balaban J connectivity index is 1.74. The van der Waals surface area contributed by atoms with Crippen LogP contribution in [0.4, 0.5) is 0 Å². The molecule has 0 aliphatic carbocycles. The molecule has 3 aromatic rings. The molecule has 26 heavy (non-hydrogen) atoms. The van der Waals surface area contributed by atoms with Crippen molar-refractivity contribution < 1.29 is 9.32 Å². The first-order valence-electron chi connectivity index (χ1n) is 8.63. The van der Waals surface area contributed by atoms with Crippen molar-refractivity contribution in [1.29, 1.82) is 0 Å². The van der Waals surface area contributed by atoms with Crippen LogP contribution in [-0.2, 0) is 6.54 Å². The third kappa shape index (κ3) is 4.20. The van der Waals surface area contributed by atoms with Crippen molar-refractivity contribution in [2.24, 2.45) is 5.41 Å². The maximum Gasteiger partial charge on any atom is 0.273 e. The second-order valence-electron chi connectivity index (χ2n) is 7.59. The molecule has 3 rings (SSSR count). The van der Waals surface area contributed by atoms with Crippen LogP contribution in [0, 0.1) is 12.3 Å². The fourth-order valence-corrected chi connectivity index (χ4v) is 2.61. The van der Waals surface area contributed by atoms with E-state index in [0.717, 1.165) is 5.56 Å². The maximum absolute atomic E-state index is 12.7. The summed E-state index contributed by atoms with van der Waals surface area (Å²) in [5, 5.41) is 7.02. The maximum atomic E-state index is 12.7. The van der Waals surface area contributed by atoms with Crippen LogP contribution in [0.2, 0.25) is 0 Å². The molecule has 0 aliphatic rings. The summed E-state index contributed by atoms with van der Waals surface area (Å²) in [7, 11) is 0. The molecule has 0 radical (unpaired) electrons. The fraction of sp³-hybridized carbons (Fsp3) is 0.350. The van der Waals surface area contributed by atoms with Gasteiger partial charge < -0.3 is 14.4 Å². The molecule has 2 heterocycles. The first-order chi connectivity index (χ1) is 12.3. The summed E-state index contributed by atoms with van der Waals surface area (Å²) in [6.07, 6.45) is 5.36. The first kappa shape index (κ1) is 17.9. The minimum absolute atomic E-state index is 0.0799. The Bertz CT molecular complexity index is 858. The zero-order valence-electron chi connectivity index (χ0n) is 15.6. The number of carbonyl (C=O) groups excluding carboxylic acids is 1. The molecular weight excluding hydrogens is 328 g/mol. The number of carbonyl (C=O) groups is 1. The number of aryl methyl sites for hydroxylation is 1. The Morgan fingerprint density at radius 1 is 1.27 bits per heavy atom. The van der Waals surface area contributed by atoms with Crippen LogP contribution < -0.4 is 5.32 Å². The van der Waals surface area contributed by atoms with E-state index in [-0.39, 0.29) is 23.1 Å². The molecule has 1 amide bonds. The van der Waals surface area contributed by atoms with Crippen molar-refractivity contribution in [3.63, 3.8) is 0 Å². The number of amides is 1. The second kappa shape index (κ2) is 7.15. The Morgan fingerprint density at radius 2 is 2.00 bits per heavy atom. The minimum Gasteiger partial charge on any atom is -0.355 e. The second-order valence-corrected chi connectivity index (χ2v) is 7.59. The van der Waals surface area contributed by atoms with Crippen molar-refractivity contribution >= 4 is 5.91 Å². The molecule has 136 valence electrons. The van der Waals surface area contributed by atoms with Gasteiger partial charge in [0.25, 0.3) is 5.91 Å². The zero-order chi connectivity index (χ0) is 18.7. The van der Waals surface area contributed by atoms with Gasteiger partial charge in [0.05, 0.1) is 12.4 Å². The summed E-state index contributed by atoms with van der Waals surface area (Å²) >= 11 is 0. The quantitative estimate of drug-likeness (QED) is 0.760. The lowest BCUT2D eigenvalue weighted by Crippen LogP contribution is -2.46. The van der Waals surface area contributed by atoms with Gasteiger partial charge in [-0.3, -0.25) is 4.79 Å². The van der Waals surface area contributed by atoms with E-state index in [9.17, 15) is 4.79 Å². The summed E-state index contributed by atoms with van der Waals surface area (Å²) in [5.74, 6) is 0.337. The molecule has 2 aromatic heterocycles. The first-order valence-corrected chi connectivity index (χ1v) is 8.63. The number of rotatable bonds is 5. The number of imidazole rings is 1. The van der Waals surface area contributed by atoms with E-state index in [2.05, 4.69) is 36.2 Å². The highest BCUT2D eigenvalue weighted by Gasteiger charge is 2.28. The van der Waals surface area contributed by atoms with Crippen LogP contribution in [0.25, 0.3) is 11.3 Å². The van der Waals surface area contributed by atoms with Gasteiger partial charge in [0.1, 0.15) is 0 Å². The summed E-state index contributed by atoms with van der Waals surface area (Å²) < 4.78 is 7.31. The molecular formula is C20H24N4O2. The highest BCUT2D eigenvalue weighted by atomic mass is 16.5. The van der Waals surface area contributed by atoms with Crippen molar-refractivity contribution in [2.45, 2.75) is 40.3 Å². The standard InChI is InChI=1S/C20H24N4O2/c1-14-5-7-15(8-6-14)17-11-16(23-26-17)19(25)22-18(20(2,3)4)12-24-10-9-21-13-24/h5-11,13,18H,12H2,1-4H3,(H,22,25)/t18-/m1/s1. The normalized spacial score (nSPS) is 12.8. The van der Waals surface area contributed by atoms with Gasteiger partial charge in [0, 0.05) is 30.6 Å². The van der Waals surface area contributed by atoms with Crippen molar-refractivity contribution in [3.8, 4) is 11.3 Å². The molecule has 6 nitrogen and oxygen atoms in total. The van der Waals surface area contributed by atoms with Gasteiger partial charge >= 0.3 is 0 Å². The summed E-state index contributed by atoms with van der Waals surface area (Å²) in [4.78, 5) is 16.7. The van der Waals surface area contributed by atoms with Gasteiger partial charge in [0.2, 0.25) is 0 Å². The summed E-state index contributed by atoms with van der Waals surface area (Å²) in [6.45, 7) is 8.94. The highest BCUT2D eigenvalue weighted by molar-refractivity contribution is 5.93. The molecule has 0 unspecified atom stereocenters. The molecule has 6 heteroatoms. The average molecular weight is 352 g/mol. The molecule has 1 aromatic carbocycles. The van der Waals surface area contributed by atoms with Crippen molar-refractivity contribution in [3.05, 3.63) is 60.3 Å². The van der Waals surface area contributed by atoms with Crippen LogP contribution in [0.1, 0.15) is 36.8 Å². The molecule has 1 N–H and O–H groups in total. The smallest absolute Gasteiger partial charge is 0.273 e. The van der Waals surface area contributed by atoms with Crippen LogP contribution in [-0.4, -0.2) is 26.7 Å². The third-order valence-corrected chi connectivity index (χ3v) is 4.38. The Morgan fingerprint density at radius 3 is 2.62 bits per heavy atom. The largest absolute Gasteiger partial charge is 0.355 e. The number of hydrogen-bond donors (Lipinski definition) is 1. The van der Waals surface area contributed by atoms with Crippen LogP contribution >= 0.6 is 0 Å². The minimum atomic E-state index is -0.243. The van der Waals surface area contributed by atoms with Crippen molar-refractivity contribution in [2.75, 3.05) is 0 Å². The van der Waals surface area contributed by atoms with E-state index in [4.69, 9.17) is 4.52 Å². The van der Waals surface area contributed by atoms with Crippen LogP contribution in [0.3, 0.4) is 0 Å². The molecule has 0 bridgehead atoms. The fourth-order valence-electron chi connectivity index (χ4n) is 2.61. The lowest BCUT2D eigenvalue weighted by Gasteiger charge is -2.31. The van der Waals surface area contributed by atoms with E-state index in [1.807, 2.05) is 42.0 Å². The Kier molecular flexibility index (Phi) is 4.93. The average Bonchev–Trinajstić information content (AvgIpc) is 3.25. The highest BCUT2D eigenvalue weighted by Crippen LogP contribution is 2.23. The monoisotopic (exact) mass is 352 g/mol. The zero-order valence-corrected chi connectivity index (χ0v) is 15.6. The molecule has 0 saturated heterocycles. The number of nitrogens with zero attached hydrogens (tertiary/aromatic N) is 3. The van der Waals surface area contributed by atoms with E-state index < -0.39 is 0 Å². The topological polar surface area (TPSA) is 73.0 Å². The van der Waals surface area contributed by atoms with Gasteiger partial charge in [0.15, 0.2) is 11.5 Å². The van der Waals surface area contributed by atoms with Gasteiger partial charge in [-0.1, -0.05) is 55.8 Å². The Labute approximate surface area is 153 Å². The predicted octanol–water partition coefficient (Wildman–Crippen LogP) is 3.69. The van der Waals surface area contributed by atoms with E-state index in [1.54, 1.807) is 18.6 Å². The lowest BCUT2D eigenvalue weighted by atomic mass is 9.86. The molecule has 0 saturated carbocycles. The van der Waals surface area contributed by atoms with E-state index in [1.165, 1.54) is 5.56 Å². The van der Waals surface area contributed by atoms with Gasteiger partial charge in [-0.2, -0.15) is 0 Å². The predicted molar refractivity (Wildman–Crippen MR) is 99.6 cm³/mol. The lowest BCUT2D eigenvalue weighted by molar-refractivity contribution is 0.0883. The van der Waals surface area contributed by atoms with Gasteiger partial charge in [-0.05, 0) is 12.3 Å². The number of benzene rings is 1. The molecule has 1 atom stereocenters. The van der Waals surface area contributed by atoms with Crippen molar-refractivity contribution in [1.82, 2.24) is 20.0 Å². The molecule has 0 fully saturated rings. The Hall–Kier alpha value is -2.89. The summed E-state index contributed by atoms with van der Waals surface area (Å²) in [5.41, 5.74) is 2.22. The van der Waals surface area contributed by atoms with Crippen LogP contribution in [0.5, 0.6) is 0 Å². The van der Waals surface area contributed by atoms with Gasteiger partial charge in [-0.25, -0.2) is 4.98 Å². The number of nitrogens with one attached hydrogen (secondary N) is 1. The van der Waals surface area contributed by atoms with E-state index in [0.29, 0.717) is 12.3 Å². The number of aromatic nitrogens is 3.